The molecule has 0 radical (unpaired) electrons. The van der Waals surface area contributed by atoms with E-state index in [1.54, 1.807) is 38.3 Å². The van der Waals surface area contributed by atoms with Crippen LogP contribution in [-0.2, 0) is 13.1 Å². The van der Waals surface area contributed by atoms with Gasteiger partial charge in [0.15, 0.2) is 5.01 Å². The highest BCUT2D eigenvalue weighted by molar-refractivity contribution is 7.16. The van der Waals surface area contributed by atoms with Crippen molar-refractivity contribution in [2.45, 2.75) is 33.9 Å². The van der Waals surface area contributed by atoms with E-state index in [2.05, 4.69) is 15.4 Å². The van der Waals surface area contributed by atoms with Gasteiger partial charge in [0.05, 0.1) is 23.1 Å². The quantitative estimate of drug-likeness (QED) is 0.295. The summed E-state index contributed by atoms with van der Waals surface area (Å²) in [7, 11) is 0. The van der Waals surface area contributed by atoms with Gasteiger partial charge in [-0.2, -0.15) is 9.78 Å². The number of carboxylic acids is 1. The molecule has 0 fully saturated rings. The maximum absolute atomic E-state index is 13.2. The standard InChI is InChI=1S/C24H22ClN5O5S2/c1-24(2,3)23(35)30-19(27-10-14-4-5-18(25)37-14)9-16(28-30)13-8-15(22(33)34)21(32)29(11-13)12-17(31)20-26-6-7-36-20/h4-9,11,27H,10,12H2,1-3H3,(H,33,34). The zero-order valence-electron chi connectivity index (χ0n) is 20.0. The molecule has 37 heavy (non-hydrogen) atoms. The molecular formula is C24H22ClN5O5S2. The highest BCUT2D eigenvalue weighted by Gasteiger charge is 2.27. The minimum absolute atomic E-state index is 0.203. The van der Waals surface area contributed by atoms with Crippen LogP contribution in [0.4, 0.5) is 5.82 Å². The Kier molecular flexibility index (Phi) is 7.44. The van der Waals surface area contributed by atoms with Gasteiger partial charge in [-0.15, -0.1) is 22.7 Å². The lowest BCUT2D eigenvalue weighted by atomic mass is 9.96. The Morgan fingerprint density at radius 1 is 1.19 bits per heavy atom. The summed E-state index contributed by atoms with van der Waals surface area (Å²) < 4.78 is 2.88. The maximum Gasteiger partial charge on any atom is 0.341 e. The fraction of sp³-hybridized carbons (Fsp3) is 0.250. The average Bonchev–Trinajstić information content (AvgIpc) is 3.58. The van der Waals surface area contributed by atoms with Crippen LogP contribution in [0.1, 0.15) is 50.6 Å². The van der Waals surface area contributed by atoms with Crippen LogP contribution in [0.5, 0.6) is 0 Å². The monoisotopic (exact) mass is 559 g/mol. The lowest BCUT2D eigenvalue weighted by Gasteiger charge is -2.18. The summed E-state index contributed by atoms with van der Waals surface area (Å²) in [4.78, 5) is 55.3. The average molecular weight is 560 g/mol. The van der Waals surface area contributed by atoms with Gasteiger partial charge in [-0.3, -0.25) is 14.4 Å². The van der Waals surface area contributed by atoms with E-state index in [1.165, 1.54) is 34.5 Å². The molecule has 13 heteroatoms. The number of aromatic nitrogens is 4. The Balaban J connectivity index is 1.77. The zero-order valence-corrected chi connectivity index (χ0v) is 22.4. The lowest BCUT2D eigenvalue weighted by molar-refractivity contribution is 0.0692. The smallest absolute Gasteiger partial charge is 0.341 e. The molecule has 0 aliphatic heterocycles. The van der Waals surface area contributed by atoms with Crippen molar-refractivity contribution in [3.05, 3.63) is 72.2 Å². The van der Waals surface area contributed by atoms with Crippen molar-refractivity contribution in [3.8, 4) is 11.3 Å². The van der Waals surface area contributed by atoms with E-state index in [4.69, 9.17) is 11.6 Å². The molecule has 4 heterocycles. The molecule has 0 amide bonds. The van der Waals surface area contributed by atoms with Crippen LogP contribution < -0.4 is 10.9 Å². The number of thiophene rings is 1. The Morgan fingerprint density at radius 2 is 1.95 bits per heavy atom. The van der Waals surface area contributed by atoms with Crippen molar-refractivity contribution in [2.24, 2.45) is 5.41 Å². The van der Waals surface area contributed by atoms with Crippen molar-refractivity contribution in [1.82, 2.24) is 19.3 Å². The first kappa shape index (κ1) is 26.5. The summed E-state index contributed by atoms with van der Waals surface area (Å²) in [5.41, 5.74) is -1.62. The number of thiazole rings is 1. The zero-order chi connectivity index (χ0) is 26.9. The number of Topliss-reactive ketones (excluding diaryl/α,β-unsaturated/α-hetero) is 1. The van der Waals surface area contributed by atoms with Crippen LogP contribution >= 0.6 is 34.3 Å². The van der Waals surface area contributed by atoms with Crippen molar-refractivity contribution < 1.29 is 19.5 Å². The molecule has 192 valence electrons. The summed E-state index contributed by atoms with van der Waals surface area (Å²) in [6.07, 6.45) is 2.83. The molecule has 2 N–H and O–H groups in total. The van der Waals surface area contributed by atoms with E-state index in [0.717, 1.165) is 20.8 Å². The molecule has 4 aromatic heterocycles. The predicted octanol–water partition coefficient (Wildman–Crippen LogP) is 4.76. The van der Waals surface area contributed by atoms with Gasteiger partial charge in [0.2, 0.25) is 5.78 Å². The topological polar surface area (TPSA) is 136 Å². The number of anilines is 1. The molecule has 0 aromatic carbocycles. The highest BCUT2D eigenvalue weighted by Crippen LogP contribution is 2.28. The number of pyridine rings is 1. The third-order valence-corrected chi connectivity index (χ3v) is 7.26. The molecule has 0 bridgehead atoms. The van der Waals surface area contributed by atoms with Gasteiger partial charge in [0, 0.05) is 39.7 Å². The Bertz CT molecular complexity index is 1550. The number of carbonyl (C=O) groups is 3. The minimum atomic E-state index is -1.44. The Hall–Kier alpha value is -3.61. The summed E-state index contributed by atoms with van der Waals surface area (Å²) in [5, 5.41) is 19.1. The van der Waals surface area contributed by atoms with Crippen LogP contribution in [0.2, 0.25) is 4.34 Å². The second-order valence-electron chi connectivity index (χ2n) is 9.08. The van der Waals surface area contributed by atoms with E-state index >= 15 is 0 Å². The summed E-state index contributed by atoms with van der Waals surface area (Å²) in [5.74, 6) is -1.79. The predicted molar refractivity (Wildman–Crippen MR) is 142 cm³/mol. The second-order valence-corrected chi connectivity index (χ2v) is 11.8. The van der Waals surface area contributed by atoms with Crippen LogP contribution in [0, 0.1) is 5.41 Å². The summed E-state index contributed by atoms with van der Waals surface area (Å²) in [6.45, 7) is 5.25. The van der Waals surface area contributed by atoms with Gasteiger partial charge in [-0.25, -0.2) is 9.78 Å². The maximum atomic E-state index is 13.2. The van der Waals surface area contributed by atoms with Crippen molar-refractivity contribution in [1.29, 1.82) is 0 Å². The fourth-order valence-electron chi connectivity index (χ4n) is 3.38. The number of ketones is 1. The fourth-order valence-corrected chi connectivity index (χ4v) is 4.97. The van der Waals surface area contributed by atoms with Gasteiger partial charge >= 0.3 is 5.97 Å². The van der Waals surface area contributed by atoms with E-state index < -0.39 is 34.8 Å². The number of nitrogens with zero attached hydrogens (tertiary/aromatic N) is 4. The molecule has 0 atom stereocenters. The first-order valence-electron chi connectivity index (χ1n) is 11.0. The number of nitrogens with one attached hydrogen (secondary N) is 1. The molecule has 0 aliphatic carbocycles. The van der Waals surface area contributed by atoms with Crippen LogP contribution in [0.15, 0.2) is 46.8 Å². The van der Waals surface area contributed by atoms with Gasteiger partial charge in [-0.1, -0.05) is 32.4 Å². The number of rotatable bonds is 8. The molecule has 0 unspecified atom stereocenters. The van der Waals surface area contributed by atoms with E-state index in [1.807, 2.05) is 6.07 Å². The minimum Gasteiger partial charge on any atom is -0.477 e. The molecule has 4 aromatic rings. The van der Waals surface area contributed by atoms with Gasteiger partial charge in [0.1, 0.15) is 11.4 Å². The molecule has 0 saturated carbocycles. The number of hydrogen-bond acceptors (Lipinski definition) is 9. The van der Waals surface area contributed by atoms with Crippen molar-refractivity contribution >= 4 is 57.8 Å². The molecule has 0 saturated heterocycles. The first-order chi connectivity index (χ1) is 17.4. The molecule has 0 aliphatic rings. The second kappa shape index (κ2) is 10.4. The molecule has 4 rings (SSSR count). The molecular weight excluding hydrogens is 538 g/mol. The number of hydrogen-bond donors (Lipinski definition) is 2. The number of carboxylic acid groups (broad SMARTS) is 1. The highest BCUT2D eigenvalue weighted by atomic mass is 35.5. The van der Waals surface area contributed by atoms with Gasteiger partial charge in [0.25, 0.3) is 11.5 Å². The SMILES string of the molecule is CC(C)(C)C(=O)n1nc(-c2cc(C(=O)O)c(=O)n(CC(=O)c3nccs3)c2)cc1NCc1ccc(Cl)s1. The number of halogens is 1. The van der Waals surface area contributed by atoms with Crippen molar-refractivity contribution in [2.75, 3.05) is 5.32 Å². The summed E-state index contributed by atoms with van der Waals surface area (Å²) in [6, 6.07) is 6.42. The Labute approximate surface area is 224 Å². The van der Waals surface area contributed by atoms with Crippen LogP contribution in [-0.4, -0.2) is 42.1 Å². The molecule has 10 nitrogen and oxygen atoms in total. The molecule has 0 spiro atoms. The Morgan fingerprint density at radius 3 is 2.54 bits per heavy atom. The summed E-state index contributed by atoms with van der Waals surface area (Å²) >= 11 is 8.53. The van der Waals surface area contributed by atoms with E-state index in [9.17, 15) is 24.3 Å². The lowest BCUT2D eigenvalue weighted by Crippen LogP contribution is -2.29. The number of carbonyl (C=O) groups excluding carboxylic acids is 2. The van der Waals surface area contributed by atoms with Gasteiger partial charge in [-0.05, 0) is 18.2 Å². The van der Waals surface area contributed by atoms with Gasteiger partial charge < -0.3 is 15.0 Å². The van der Waals surface area contributed by atoms with Crippen molar-refractivity contribution in [3.63, 3.8) is 0 Å². The normalized spacial score (nSPS) is 11.5. The number of aromatic carboxylic acids is 1. The third kappa shape index (κ3) is 5.87. The third-order valence-electron chi connectivity index (χ3n) is 5.21. The first-order valence-corrected chi connectivity index (χ1v) is 13.0. The van der Waals surface area contributed by atoms with Crippen LogP contribution in [0.3, 0.4) is 0 Å². The van der Waals surface area contributed by atoms with E-state index in [0.29, 0.717) is 16.7 Å². The van der Waals surface area contributed by atoms with Crippen LogP contribution in [0.25, 0.3) is 11.3 Å². The van der Waals surface area contributed by atoms with E-state index in [-0.39, 0.29) is 22.2 Å². The largest absolute Gasteiger partial charge is 0.477 e.